The van der Waals surface area contributed by atoms with Gasteiger partial charge in [-0.3, -0.25) is 4.98 Å². The lowest BCUT2D eigenvalue weighted by atomic mass is 10.1. The lowest BCUT2D eigenvalue weighted by Crippen LogP contribution is -2.01. The van der Waals surface area contributed by atoms with Crippen LogP contribution in [0.4, 0.5) is 0 Å². The zero-order valence-electron chi connectivity index (χ0n) is 10.5. The summed E-state index contributed by atoms with van der Waals surface area (Å²) in [5.74, 6) is 0.956. The van der Waals surface area contributed by atoms with E-state index in [1.54, 1.807) is 12.4 Å². The van der Waals surface area contributed by atoms with Crippen molar-refractivity contribution >= 4 is 11.6 Å². The number of nitrogens with zero attached hydrogens (tertiary/aromatic N) is 2. The van der Waals surface area contributed by atoms with Crippen LogP contribution in [0.5, 0.6) is 5.88 Å². The second-order valence-electron chi connectivity index (χ2n) is 4.10. The molecule has 1 rings (SSSR count). The van der Waals surface area contributed by atoms with Crippen LogP contribution in [-0.2, 0) is 5.88 Å². The molecule has 0 aliphatic heterocycles. The minimum atomic E-state index is 0.376. The van der Waals surface area contributed by atoms with Crippen LogP contribution in [0.2, 0.25) is 0 Å². The first-order valence-corrected chi connectivity index (χ1v) is 6.90. The predicted molar refractivity (Wildman–Crippen MR) is 70.5 cm³/mol. The molecule has 0 amide bonds. The molecule has 0 fully saturated rings. The number of halogens is 1. The van der Waals surface area contributed by atoms with Gasteiger partial charge in [-0.1, -0.05) is 39.0 Å². The third-order valence-corrected chi connectivity index (χ3v) is 2.82. The van der Waals surface area contributed by atoms with Gasteiger partial charge in [0.2, 0.25) is 5.88 Å². The lowest BCUT2D eigenvalue weighted by Gasteiger charge is -2.05. The Morgan fingerprint density at radius 3 is 2.65 bits per heavy atom. The molecule has 17 heavy (non-hydrogen) atoms. The number of hydrogen-bond donors (Lipinski definition) is 0. The molecule has 0 atom stereocenters. The molecule has 0 spiro atoms. The van der Waals surface area contributed by atoms with Crippen LogP contribution in [0.25, 0.3) is 0 Å². The van der Waals surface area contributed by atoms with Gasteiger partial charge in [0.25, 0.3) is 0 Å². The van der Waals surface area contributed by atoms with Gasteiger partial charge in [-0.15, -0.1) is 11.6 Å². The Hall–Kier alpha value is -0.830. The maximum absolute atomic E-state index is 5.67. The summed E-state index contributed by atoms with van der Waals surface area (Å²) in [5, 5.41) is 0. The summed E-state index contributed by atoms with van der Waals surface area (Å²) < 4.78 is 5.52. The summed E-state index contributed by atoms with van der Waals surface area (Å²) in [6.45, 7) is 2.94. The zero-order chi connectivity index (χ0) is 12.3. The Labute approximate surface area is 109 Å². The molecule has 0 aliphatic rings. The highest BCUT2D eigenvalue weighted by Gasteiger charge is 1.98. The van der Waals surface area contributed by atoms with E-state index in [0.717, 1.165) is 12.1 Å². The first-order valence-electron chi connectivity index (χ1n) is 6.36. The molecule has 0 saturated carbocycles. The summed E-state index contributed by atoms with van der Waals surface area (Å²) in [6, 6.07) is 0. The number of alkyl halides is 1. The van der Waals surface area contributed by atoms with E-state index in [2.05, 4.69) is 16.9 Å². The summed E-state index contributed by atoms with van der Waals surface area (Å²) in [4.78, 5) is 8.24. The van der Waals surface area contributed by atoms with Crippen molar-refractivity contribution in [3.8, 4) is 5.88 Å². The number of aromatic nitrogens is 2. The van der Waals surface area contributed by atoms with E-state index < -0.39 is 0 Å². The predicted octanol–water partition coefficient (Wildman–Crippen LogP) is 3.95. The topological polar surface area (TPSA) is 35.0 Å². The number of rotatable bonds is 9. The van der Waals surface area contributed by atoms with Gasteiger partial charge in [-0.05, 0) is 6.42 Å². The van der Waals surface area contributed by atoms with E-state index in [1.165, 1.54) is 32.1 Å². The number of unbranched alkanes of at least 4 members (excludes halogenated alkanes) is 5. The molecule has 0 bridgehead atoms. The normalized spacial score (nSPS) is 10.5. The maximum Gasteiger partial charge on any atom is 0.232 e. The van der Waals surface area contributed by atoms with E-state index in [0.29, 0.717) is 18.4 Å². The summed E-state index contributed by atoms with van der Waals surface area (Å²) in [6.07, 6.45) is 10.8. The van der Waals surface area contributed by atoms with Crippen LogP contribution in [-0.4, -0.2) is 16.6 Å². The molecule has 0 saturated heterocycles. The number of ether oxygens (including phenoxy) is 1. The third-order valence-electron chi connectivity index (χ3n) is 2.55. The van der Waals surface area contributed by atoms with Crippen molar-refractivity contribution in [3.05, 3.63) is 18.1 Å². The molecule has 3 nitrogen and oxygen atoms in total. The Morgan fingerprint density at radius 1 is 1.12 bits per heavy atom. The van der Waals surface area contributed by atoms with E-state index in [-0.39, 0.29) is 0 Å². The quantitative estimate of drug-likeness (QED) is 0.496. The van der Waals surface area contributed by atoms with Gasteiger partial charge < -0.3 is 4.74 Å². The van der Waals surface area contributed by atoms with E-state index >= 15 is 0 Å². The fourth-order valence-electron chi connectivity index (χ4n) is 1.58. The minimum Gasteiger partial charge on any atom is -0.477 e. The second-order valence-corrected chi connectivity index (χ2v) is 4.37. The highest BCUT2D eigenvalue weighted by molar-refractivity contribution is 6.16. The fourth-order valence-corrected chi connectivity index (χ4v) is 1.71. The highest BCUT2D eigenvalue weighted by atomic mass is 35.5. The third kappa shape index (κ3) is 6.47. The van der Waals surface area contributed by atoms with Crippen LogP contribution >= 0.6 is 11.6 Å². The molecule has 4 heteroatoms. The SMILES string of the molecule is CCCCCCCCOc1cncc(CCl)n1. The zero-order valence-corrected chi connectivity index (χ0v) is 11.2. The number of hydrogen-bond acceptors (Lipinski definition) is 3. The van der Waals surface area contributed by atoms with Gasteiger partial charge in [0.15, 0.2) is 0 Å². The average Bonchev–Trinajstić information content (AvgIpc) is 2.38. The Balaban J connectivity index is 2.09. The van der Waals surface area contributed by atoms with Gasteiger partial charge in [0, 0.05) is 6.20 Å². The first-order chi connectivity index (χ1) is 8.36. The van der Waals surface area contributed by atoms with Crippen LogP contribution in [0.1, 0.15) is 51.1 Å². The van der Waals surface area contributed by atoms with Crippen LogP contribution in [0.15, 0.2) is 12.4 Å². The molecule has 0 aliphatic carbocycles. The lowest BCUT2D eigenvalue weighted by molar-refractivity contribution is 0.291. The maximum atomic E-state index is 5.67. The van der Waals surface area contributed by atoms with Gasteiger partial charge in [0.05, 0.1) is 24.4 Å². The van der Waals surface area contributed by atoms with Gasteiger partial charge >= 0.3 is 0 Å². The van der Waals surface area contributed by atoms with Crippen molar-refractivity contribution in [1.29, 1.82) is 0 Å². The standard InChI is InChI=1S/C13H21ClN2O/c1-2-3-4-5-6-7-8-17-13-11-15-10-12(9-14)16-13/h10-11H,2-9H2,1H3. The monoisotopic (exact) mass is 256 g/mol. The van der Waals surface area contributed by atoms with Gasteiger partial charge in [0.1, 0.15) is 0 Å². The average molecular weight is 257 g/mol. The molecular formula is C13H21ClN2O. The Bertz CT molecular complexity index is 307. The Morgan fingerprint density at radius 2 is 1.88 bits per heavy atom. The molecule has 0 unspecified atom stereocenters. The van der Waals surface area contributed by atoms with Crippen molar-refractivity contribution in [2.75, 3.05) is 6.61 Å². The van der Waals surface area contributed by atoms with Crippen LogP contribution < -0.4 is 4.74 Å². The van der Waals surface area contributed by atoms with E-state index in [9.17, 15) is 0 Å². The van der Waals surface area contributed by atoms with Crippen molar-refractivity contribution in [3.63, 3.8) is 0 Å². The molecule has 96 valence electrons. The van der Waals surface area contributed by atoms with Crippen molar-refractivity contribution < 1.29 is 4.74 Å². The Kier molecular flexibility index (Phi) is 7.72. The molecular weight excluding hydrogens is 236 g/mol. The second kappa shape index (κ2) is 9.23. The van der Waals surface area contributed by atoms with E-state index in [4.69, 9.17) is 16.3 Å². The summed E-state index contributed by atoms with van der Waals surface area (Å²) in [5.41, 5.74) is 0.757. The first kappa shape index (κ1) is 14.2. The van der Waals surface area contributed by atoms with Crippen molar-refractivity contribution in [1.82, 2.24) is 9.97 Å². The molecule has 0 aromatic carbocycles. The summed E-state index contributed by atoms with van der Waals surface area (Å²) in [7, 11) is 0. The van der Waals surface area contributed by atoms with Crippen LogP contribution in [0.3, 0.4) is 0 Å². The van der Waals surface area contributed by atoms with Gasteiger partial charge in [-0.2, -0.15) is 0 Å². The molecule has 0 N–H and O–H groups in total. The molecule has 1 aromatic rings. The molecule has 1 aromatic heterocycles. The fraction of sp³-hybridized carbons (Fsp3) is 0.692. The molecule has 1 heterocycles. The van der Waals surface area contributed by atoms with Crippen LogP contribution in [0, 0.1) is 0 Å². The van der Waals surface area contributed by atoms with Crippen molar-refractivity contribution in [2.45, 2.75) is 51.3 Å². The van der Waals surface area contributed by atoms with Gasteiger partial charge in [-0.25, -0.2) is 4.98 Å². The smallest absolute Gasteiger partial charge is 0.232 e. The van der Waals surface area contributed by atoms with E-state index in [1.807, 2.05) is 0 Å². The summed E-state index contributed by atoms with van der Waals surface area (Å²) >= 11 is 5.67. The minimum absolute atomic E-state index is 0.376. The highest BCUT2D eigenvalue weighted by Crippen LogP contribution is 2.09. The van der Waals surface area contributed by atoms with Crippen molar-refractivity contribution in [2.24, 2.45) is 0 Å². The molecule has 0 radical (unpaired) electrons. The largest absolute Gasteiger partial charge is 0.477 e.